The predicted molar refractivity (Wildman–Crippen MR) is 90.9 cm³/mol. The van der Waals surface area contributed by atoms with E-state index in [1.807, 2.05) is 43.3 Å². The molecule has 0 bridgehead atoms. The van der Waals surface area contributed by atoms with Gasteiger partial charge in [0.1, 0.15) is 0 Å². The number of rotatable bonds is 4. The van der Waals surface area contributed by atoms with E-state index in [4.69, 9.17) is 4.74 Å². The molecular weight excluding hydrogens is 286 g/mol. The summed E-state index contributed by atoms with van der Waals surface area (Å²) in [4.78, 5) is 14.5. The average molecular weight is 309 g/mol. The van der Waals surface area contributed by atoms with Gasteiger partial charge in [-0.2, -0.15) is 0 Å². The van der Waals surface area contributed by atoms with Gasteiger partial charge in [-0.05, 0) is 18.2 Å². The molecule has 0 amide bonds. The molecule has 0 spiro atoms. The third-order valence-electron chi connectivity index (χ3n) is 4.68. The Labute approximate surface area is 137 Å². The van der Waals surface area contributed by atoms with Crippen LogP contribution >= 0.6 is 0 Å². The van der Waals surface area contributed by atoms with Crippen molar-refractivity contribution in [1.82, 2.24) is 4.90 Å². The summed E-state index contributed by atoms with van der Waals surface area (Å²) in [5.74, 6) is -0.148. The molecule has 2 aromatic carbocycles. The minimum atomic E-state index is -0.621. The summed E-state index contributed by atoms with van der Waals surface area (Å²) in [6, 6.07) is 20.5. The van der Waals surface area contributed by atoms with Gasteiger partial charge in [0, 0.05) is 19.4 Å². The molecule has 0 radical (unpaired) electrons. The quantitative estimate of drug-likeness (QED) is 0.802. The summed E-state index contributed by atoms with van der Waals surface area (Å²) in [6.07, 6.45) is 1.19. The number of benzene rings is 2. The molecule has 1 aliphatic heterocycles. The smallest absolute Gasteiger partial charge is 0.306 e. The maximum Gasteiger partial charge on any atom is 0.306 e. The number of carbonyl (C=O) groups is 1. The van der Waals surface area contributed by atoms with Gasteiger partial charge in [-0.15, -0.1) is 0 Å². The van der Waals surface area contributed by atoms with Crippen LogP contribution in [0.3, 0.4) is 0 Å². The normalized spacial score (nSPS) is 24.5. The van der Waals surface area contributed by atoms with Gasteiger partial charge in [-0.3, -0.25) is 9.69 Å². The number of nitrogens with zero attached hydrogens (tertiary/aromatic N) is 1. The molecule has 0 aliphatic carbocycles. The summed E-state index contributed by atoms with van der Waals surface area (Å²) in [6.45, 7) is 2.74. The molecule has 3 heteroatoms. The molecule has 0 aromatic heterocycles. The first-order valence-corrected chi connectivity index (χ1v) is 8.20. The summed E-state index contributed by atoms with van der Waals surface area (Å²) in [7, 11) is 2.10. The van der Waals surface area contributed by atoms with E-state index in [9.17, 15) is 4.79 Å². The average Bonchev–Trinajstić information content (AvgIpc) is 2.93. The molecule has 0 unspecified atom stereocenters. The van der Waals surface area contributed by atoms with Crippen molar-refractivity contribution in [2.24, 2.45) is 0 Å². The van der Waals surface area contributed by atoms with E-state index in [-0.39, 0.29) is 12.0 Å². The zero-order valence-corrected chi connectivity index (χ0v) is 13.7. The number of ether oxygens (including phenoxy) is 1. The van der Waals surface area contributed by atoms with Crippen LogP contribution in [-0.4, -0.2) is 24.5 Å². The Hall–Kier alpha value is -2.13. The zero-order valence-electron chi connectivity index (χ0n) is 13.7. The lowest BCUT2D eigenvalue weighted by atomic mass is 9.82. The van der Waals surface area contributed by atoms with Crippen molar-refractivity contribution in [2.45, 2.75) is 31.4 Å². The second-order valence-electron chi connectivity index (χ2n) is 6.13. The fraction of sp³-hybridized carbons (Fsp3) is 0.350. The summed E-state index contributed by atoms with van der Waals surface area (Å²) in [5, 5.41) is 0. The fourth-order valence-corrected chi connectivity index (χ4v) is 3.59. The molecule has 2 atom stereocenters. The fourth-order valence-electron chi connectivity index (χ4n) is 3.59. The van der Waals surface area contributed by atoms with Gasteiger partial charge in [0.25, 0.3) is 0 Å². The standard InChI is InChI=1S/C20H23NO2/c1-3-18(22)23-20(17-12-8-5-9-13-17)14-15-21(2)19(20)16-10-6-4-7-11-16/h4-13,19H,3,14-15H2,1-2H3/t19-,20+/m0/s1. The molecule has 1 aliphatic rings. The van der Waals surface area contributed by atoms with E-state index in [1.54, 1.807) is 0 Å². The lowest BCUT2D eigenvalue weighted by Gasteiger charge is -2.37. The third-order valence-corrected chi connectivity index (χ3v) is 4.68. The minimum absolute atomic E-state index is 0.0293. The first-order chi connectivity index (χ1) is 11.2. The summed E-state index contributed by atoms with van der Waals surface area (Å²) < 4.78 is 6.09. The number of likely N-dealkylation sites (N-methyl/N-ethyl adjacent to an activating group) is 1. The highest BCUT2D eigenvalue weighted by Gasteiger charge is 2.51. The van der Waals surface area contributed by atoms with Crippen molar-refractivity contribution in [3.05, 3.63) is 71.8 Å². The lowest BCUT2D eigenvalue weighted by molar-refractivity contribution is -0.164. The van der Waals surface area contributed by atoms with Gasteiger partial charge in [-0.25, -0.2) is 0 Å². The number of esters is 1. The Bertz CT molecular complexity index is 656. The van der Waals surface area contributed by atoms with Crippen LogP contribution in [0.1, 0.15) is 36.9 Å². The molecule has 3 nitrogen and oxygen atoms in total. The summed E-state index contributed by atoms with van der Waals surface area (Å²) in [5.41, 5.74) is 1.63. The van der Waals surface area contributed by atoms with Crippen molar-refractivity contribution in [1.29, 1.82) is 0 Å². The van der Waals surface area contributed by atoms with Crippen LogP contribution in [0.5, 0.6) is 0 Å². The molecule has 1 heterocycles. The maximum atomic E-state index is 12.2. The Morgan fingerprint density at radius 3 is 2.35 bits per heavy atom. The number of carbonyl (C=O) groups excluding carboxylic acids is 1. The Morgan fingerprint density at radius 2 is 1.74 bits per heavy atom. The molecule has 2 aromatic rings. The van der Waals surface area contributed by atoms with Crippen LogP contribution in [0.2, 0.25) is 0 Å². The van der Waals surface area contributed by atoms with Crippen LogP contribution in [0.15, 0.2) is 60.7 Å². The molecule has 120 valence electrons. The van der Waals surface area contributed by atoms with Crippen LogP contribution in [0.25, 0.3) is 0 Å². The number of hydrogen-bond acceptors (Lipinski definition) is 3. The van der Waals surface area contributed by atoms with Crippen LogP contribution < -0.4 is 0 Å². The van der Waals surface area contributed by atoms with Gasteiger partial charge in [-0.1, -0.05) is 67.6 Å². The molecule has 3 rings (SSSR count). The first-order valence-electron chi connectivity index (χ1n) is 8.20. The van der Waals surface area contributed by atoms with E-state index in [0.29, 0.717) is 6.42 Å². The SMILES string of the molecule is CCC(=O)O[C@@]1(c2ccccc2)CCN(C)[C@H]1c1ccccc1. The Kier molecular flexibility index (Phi) is 4.49. The van der Waals surface area contributed by atoms with Crippen molar-refractivity contribution < 1.29 is 9.53 Å². The van der Waals surface area contributed by atoms with Gasteiger partial charge in [0.15, 0.2) is 5.60 Å². The highest BCUT2D eigenvalue weighted by Crippen LogP contribution is 2.49. The van der Waals surface area contributed by atoms with Crippen molar-refractivity contribution >= 4 is 5.97 Å². The van der Waals surface area contributed by atoms with Crippen LogP contribution in [0, 0.1) is 0 Å². The maximum absolute atomic E-state index is 12.2. The molecule has 23 heavy (non-hydrogen) atoms. The first kappa shape index (κ1) is 15.8. The van der Waals surface area contributed by atoms with Gasteiger partial charge in [0.2, 0.25) is 0 Å². The highest BCUT2D eigenvalue weighted by atomic mass is 16.6. The van der Waals surface area contributed by atoms with E-state index in [2.05, 4.69) is 36.2 Å². The minimum Gasteiger partial charge on any atom is -0.452 e. The monoisotopic (exact) mass is 309 g/mol. The van der Waals surface area contributed by atoms with Crippen molar-refractivity contribution in [2.75, 3.05) is 13.6 Å². The van der Waals surface area contributed by atoms with E-state index in [0.717, 1.165) is 18.5 Å². The molecule has 0 N–H and O–H groups in total. The van der Waals surface area contributed by atoms with Crippen molar-refractivity contribution in [3.8, 4) is 0 Å². The van der Waals surface area contributed by atoms with Gasteiger partial charge >= 0.3 is 5.97 Å². The largest absolute Gasteiger partial charge is 0.452 e. The van der Waals surface area contributed by atoms with Crippen molar-refractivity contribution in [3.63, 3.8) is 0 Å². The van der Waals surface area contributed by atoms with Gasteiger partial charge in [0.05, 0.1) is 6.04 Å². The summed E-state index contributed by atoms with van der Waals surface area (Å²) >= 11 is 0. The molecule has 1 fully saturated rings. The highest BCUT2D eigenvalue weighted by molar-refractivity contribution is 5.70. The zero-order chi connectivity index (χ0) is 16.3. The van der Waals surface area contributed by atoms with Gasteiger partial charge < -0.3 is 4.74 Å². The van der Waals surface area contributed by atoms with Crippen LogP contribution in [0.4, 0.5) is 0 Å². The lowest BCUT2D eigenvalue weighted by Crippen LogP contribution is -2.38. The number of likely N-dealkylation sites (tertiary alicyclic amines) is 1. The van der Waals surface area contributed by atoms with Crippen LogP contribution in [-0.2, 0) is 15.1 Å². The molecular formula is C20H23NO2. The topological polar surface area (TPSA) is 29.5 Å². The number of hydrogen-bond donors (Lipinski definition) is 0. The second kappa shape index (κ2) is 6.55. The Balaban J connectivity index is 2.11. The molecule has 0 saturated carbocycles. The molecule has 1 saturated heterocycles. The Morgan fingerprint density at radius 1 is 1.13 bits per heavy atom. The second-order valence-corrected chi connectivity index (χ2v) is 6.13. The van der Waals surface area contributed by atoms with E-state index < -0.39 is 5.60 Å². The van der Waals surface area contributed by atoms with E-state index >= 15 is 0 Å². The predicted octanol–water partition coefficient (Wildman–Crippen LogP) is 3.91. The van der Waals surface area contributed by atoms with E-state index in [1.165, 1.54) is 5.56 Å². The third kappa shape index (κ3) is 2.89.